The summed E-state index contributed by atoms with van der Waals surface area (Å²) in [6.45, 7) is 1.95. The quantitative estimate of drug-likeness (QED) is 0.811. The molecule has 0 heterocycles. The Kier molecular flexibility index (Phi) is 5.35. The number of carbonyl (C=O) groups is 1. The highest BCUT2D eigenvalue weighted by Crippen LogP contribution is 2.29. The molecule has 1 aromatic carbocycles. The summed E-state index contributed by atoms with van der Waals surface area (Å²) in [5.74, 6) is -0.545. The van der Waals surface area contributed by atoms with Gasteiger partial charge in [0.05, 0.1) is 11.7 Å². The van der Waals surface area contributed by atoms with Crippen LogP contribution in [0.4, 0.5) is 13.2 Å². The van der Waals surface area contributed by atoms with Crippen molar-refractivity contribution >= 4 is 5.91 Å². The molecule has 106 valence electrons. The Morgan fingerprint density at radius 2 is 2.11 bits per heavy atom. The molecule has 0 bridgehead atoms. The van der Waals surface area contributed by atoms with Crippen molar-refractivity contribution in [1.82, 2.24) is 5.32 Å². The third-order valence-corrected chi connectivity index (χ3v) is 2.54. The van der Waals surface area contributed by atoms with Gasteiger partial charge in [0.15, 0.2) is 0 Å². The molecule has 2 N–H and O–H groups in total. The third-order valence-electron chi connectivity index (χ3n) is 2.54. The van der Waals surface area contributed by atoms with Gasteiger partial charge >= 0.3 is 6.18 Å². The van der Waals surface area contributed by atoms with E-state index in [-0.39, 0.29) is 5.56 Å². The molecule has 3 nitrogen and oxygen atoms in total. The third kappa shape index (κ3) is 5.30. The number of aliphatic hydroxyl groups excluding tert-OH is 1. The SMILES string of the molecule is CC(O)CCCNC(=O)c1cccc(C(F)(F)F)c1. The van der Waals surface area contributed by atoms with E-state index < -0.39 is 23.8 Å². The molecule has 0 aromatic heterocycles. The minimum absolute atomic E-state index is 0.0214. The average Bonchev–Trinajstić information content (AvgIpc) is 2.33. The lowest BCUT2D eigenvalue weighted by atomic mass is 10.1. The monoisotopic (exact) mass is 275 g/mol. The molecular formula is C13H16F3NO2. The zero-order valence-corrected chi connectivity index (χ0v) is 10.5. The van der Waals surface area contributed by atoms with Crippen molar-refractivity contribution in [1.29, 1.82) is 0 Å². The summed E-state index contributed by atoms with van der Waals surface area (Å²) in [5, 5.41) is 11.5. The van der Waals surface area contributed by atoms with Crippen LogP contribution in [0.3, 0.4) is 0 Å². The Morgan fingerprint density at radius 1 is 1.42 bits per heavy atom. The number of amides is 1. The van der Waals surface area contributed by atoms with Crippen LogP contribution in [-0.4, -0.2) is 23.7 Å². The zero-order chi connectivity index (χ0) is 14.5. The Labute approximate surface area is 109 Å². The van der Waals surface area contributed by atoms with Gasteiger partial charge in [-0.15, -0.1) is 0 Å². The minimum atomic E-state index is -4.46. The summed E-state index contributed by atoms with van der Waals surface area (Å²) in [4.78, 5) is 11.6. The van der Waals surface area contributed by atoms with Crippen LogP contribution in [0.1, 0.15) is 35.7 Å². The predicted molar refractivity (Wildman–Crippen MR) is 64.7 cm³/mol. The van der Waals surface area contributed by atoms with Crippen LogP contribution in [0.5, 0.6) is 0 Å². The van der Waals surface area contributed by atoms with Crippen LogP contribution in [0.25, 0.3) is 0 Å². The highest BCUT2D eigenvalue weighted by molar-refractivity contribution is 5.94. The number of alkyl halides is 3. The van der Waals surface area contributed by atoms with Gasteiger partial charge in [-0.3, -0.25) is 4.79 Å². The lowest BCUT2D eigenvalue weighted by molar-refractivity contribution is -0.137. The molecule has 19 heavy (non-hydrogen) atoms. The molecule has 6 heteroatoms. The van der Waals surface area contributed by atoms with Gasteiger partial charge in [-0.05, 0) is 38.0 Å². The van der Waals surface area contributed by atoms with Crippen LogP contribution in [0.2, 0.25) is 0 Å². The fraction of sp³-hybridized carbons (Fsp3) is 0.462. The second-order valence-corrected chi connectivity index (χ2v) is 4.33. The lowest BCUT2D eigenvalue weighted by Gasteiger charge is -2.09. The van der Waals surface area contributed by atoms with Crippen molar-refractivity contribution in [2.24, 2.45) is 0 Å². The summed E-state index contributed by atoms with van der Waals surface area (Å²) in [6, 6.07) is 4.28. The first-order valence-corrected chi connectivity index (χ1v) is 5.94. The molecule has 0 fully saturated rings. The molecule has 0 saturated heterocycles. The largest absolute Gasteiger partial charge is 0.416 e. The van der Waals surface area contributed by atoms with E-state index in [0.29, 0.717) is 19.4 Å². The highest BCUT2D eigenvalue weighted by atomic mass is 19.4. The fourth-order valence-corrected chi connectivity index (χ4v) is 1.54. The fourth-order valence-electron chi connectivity index (χ4n) is 1.54. The van der Waals surface area contributed by atoms with Gasteiger partial charge in [-0.25, -0.2) is 0 Å². The summed E-state index contributed by atoms with van der Waals surface area (Å²) in [5.41, 5.74) is -0.865. The molecule has 0 radical (unpaired) electrons. The average molecular weight is 275 g/mol. The molecule has 1 atom stereocenters. The standard InChI is InChI=1S/C13H16F3NO2/c1-9(18)4-3-7-17-12(19)10-5-2-6-11(8-10)13(14,15)16/h2,5-6,8-9,18H,3-4,7H2,1H3,(H,17,19). The molecule has 0 saturated carbocycles. The Hall–Kier alpha value is -1.56. The van der Waals surface area contributed by atoms with E-state index in [9.17, 15) is 18.0 Å². The van der Waals surface area contributed by atoms with Crippen LogP contribution in [-0.2, 0) is 6.18 Å². The number of nitrogens with one attached hydrogen (secondary N) is 1. The first kappa shape index (κ1) is 15.5. The topological polar surface area (TPSA) is 49.3 Å². The van der Waals surface area contributed by atoms with Crippen molar-refractivity contribution in [2.45, 2.75) is 32.0 Å². The van der Waals surface area contributed by atoms with Gasteiger partial charge in [-0.1, -0.05) is 6.07 Å². The molecule has 0 spiro atoms. The van der Waals surface area contributed by atoms with E-state index in [2.05, 4.69) is 5.32 Å². The van der Waals surface area contributed by atoms with Crippen molar-refractivity contribution in [3.63, 3.8) is 0 Å². The van der Waals surface area contributed by atoms with Crippen LogP contribution < -0.4 is 5.32 Å². The van der Waals surface area contributed by atoms with Crippen LogP contribution in [0.15, 0.2) is 24.3 Å². The van der Waals surface area contributed by atoms with E-state index >= 15 is 0 Å². The zero-order valence-electron chi connectivity index (χ0n) is 10.5. The molecule has 1 aromatic rings. The van der Waals surface area contributed by atoms with Crippen molar-refractivity contribution < 1.29 is 23.1 Å². The number of aliphatic hydroxyl groups is 1. The van der Waals surface area contributed by atoms with Gasteiger partial charge < -0.3 is 10.4 Å². The number of benzene rings is 1. The maximum atomic E-state index is 12.5. The number of rotatable bonds is 5. The maximum absolute atomic E-state index is 12.5. The van der Waals surface area contributed by atoms with E-state index in [0.717, 1.165) is 12.1 Å². The molecule has 0 aliphatic rings. The van der Waals surface area contributed by atoms with Gasteiger partial charge in [0, 0.05) is 12.1 Å². The van der Waals surface area contributed by atoms with E-state index in [4.69, 9.17) is 5.11 Å². The van der Waals surface area contributed by atoms with E-state index in [1.165, 1.54) is 12.1 Å². The Balaban J connectivity index is 2.58. The highest BCUT2D eigenvalue weighted by Gasteiger charge is 2.30. The van der Waals surface area contributed by atoms with Crippen molar-refractivity contribution in [3.05, 3.63) is 35.4 Å². The molecule has 1 unspecified atom stereocenters. The summed E-state index contributed by atoms with van der Waals surface area (Å²) in [6.07, 6.45) is -3.81. The molecule has 0 aliphatic carbocycles. The first-order chi connectivity index (χ1) is 8.80. The number of halogens is 3. The van der Waals surface area contributed by atoms with Crippen molar-refractivity contribution in [3.8, 4) is 0 Å². The smallest absolute Gasteiger partial charge is 0.393 e. The van der Waals surface area contributed by atoms with Gasteiger partial charge in [0.1, 0.15) is 0 Å². The number of carbonyl (C=O) groups excluding carboxylic acids is 1. The van der Waals surface area contributed by atoms with Gasteiger partial charge in [-0.2, -0.15) is 13.2 Å². The number of hydrogen-bond acceptors (Lipinski definition) is 2. The van der Waals surface area contributed by atoms with Gasteiger partial charge in [0.25, 0.3) is 5.91 Å². The predicted octanol–water partition coefficient (Wildman–Crippen LogP) is 2.60. The molecule has 0 aliphatic heterocycles. The second kappa shape index (κ2) is 6.56. The first-order valence-electron chi connectivity index (χ1n) is 5.94. The Morgan fingerprint density at radius 3 is 2.68 bits per heavy atom. The number of hydrogen-bond donors (Lipinski definition) is 2. The molecular weight excluding hydrogens is 259 g/mol. The van der Waals surface area contributed by atoms with E-state index in [1.807, 2.05) is 0 Å². The van der Waals surface area contributed by atoms with Gasteiger partial charge in [0.2, 0.25) is 0 Å². The minimum Gasteiger partial charge on any atom is -0.393 e. The molecule has 1 amide bonds. The second-order valence-electron chi connectivity index (χ2n) is 4.33. The Bertz CT molecular complexity index is 430. The maximum Gasteiger partial charge on any atom is 0.416 e. The summed E-state index contributed by atoms with van der Waals surface area (Å²) in [7, 11) is 0. The lowest BCUT2D eigenvalue weighted by Crippen LogP contribution is -2.25. The van der Waals surface area contributed by atoms with Crippen LogP contribution in [0, 0.1) is 0 Å². The summed E-state index contributed by atoms with van der Waals surface area (Å²) < 4.78 is 37.4. The summed E-state index contributed by atoms with van der Waals surface area (Å²) >= 11 is 0. The molecule has 1 rings (SSSR count). The normalized spacial score (nSPS) is 13.1. The van der Waals surface area contributed by atoms with Crippen LogP contribution >= 0.6 is 0 Å². The van der Waals surface area contributed by atoms with E-state index in [1.54, 1.807) is 6.92 Å². The van der Waals surface area contributed by atoms with Crippen molar-refractivity contribution in [2.75, 3.05) is 6.54 Å².